The molecule has 0 rings (SSSR count). The van der Waals surface area contributed by atoms with Crippen molar-refractivity contribution in [3.8, 4) is 0 Å². The van der Waals surface area contributed by atoms with Gasteiger partial charge < -0.3 is 5.32 Å². The van der Waals surface area contributed by atoms with Crippen molar-refractivity contribution in [3.05, 3.63) is 12.7 Å². The Morgan fingerprint density at radius 3 is 2.23 bits per heavy atom. The van der Waals surface area contributed by atoms with Crippen LogP contribution < -0.4 is 5.32 Å². The molecule has 0 heterocycles. The van der Waals surface area contributed by atoms with Crippen LogP contribution in [0.3, 0.4) is 0 Å². The van der Waals surface area contributed by atoms with Crippen LogP contribution in [0.25, 0.3) is 0 Å². The first-order valence-corrected chi connectivity index (χ1v) is 6.22. The van der Waals surface area contributed by atoms with Crippen molar-refractivity contribution in [2.75, 3.05) is 12.8 Å². The summed E-state index contributed by atoms with van der Waals surface area (Å²) in [5, 5.41) is 3.08. The van der Waals surface area contributed by atoms with Crippen molar-refractivity contribution < 1.29 is 8.42 Å². The Hall–Kier alpha value is -0.350. The second-order valence-corrected chi connectivity index (χ2v) is 6.24. The van der Waals surface area contributed by atoms with Gasteiger partial charge in [0.15, 0.2) is 9.84 Å². The number of hydrogen-bond donors (Lipinski definition) is 1. The quantitative estimate of drug-likeness (QED) is 0.680. The van der Waals surface area contributed by atoms with Gasteiger partial charge in [0, 0.05) is 12.3 Å². The maximum Gasteiger partial charge on any atom is 0.154 e. The van der Waals surface area contributed by atoms with E-state index in [1.807, 2.05) is 6.92 Å². The summed E-state index contributed by atoms with van der Waals surface area (Å²) in [4.78, 5) is 0. The zero-order valence-corrected chi connectivity index (χ0v) is 9.61. The first kappa shape index (κ1) is 12.7. The Morgan fingerprint density at radius 2 is 2.00 bits per heavy atom. The molecule has 0 amide bonds. The molecule has 0 aromatic rings. The molecule has 0 radical (unpaired) electrons. The monoisotopic (exact) mass is 205 g/mol. The van der Waals surface area contributed by atoms with Crippen LogP contribution in [0, 0.1) is 0 Å². The standard InChI is InChI=1S/C9H19NO2S/c1-6-8(10-7-2)9(3,4)13(5,11)12/h6,8,10H,1,7H2,2-5H3. The van der Waals surface area contributed by atoms with E-state index in [9.17, 15) is 8.42 Å². The Balaban J connectivity index is 4.88. The highest BCUT2D eigenvalue weighted by atomic mass is 32.2. The van der Waals surface area contributed by atoms with E-state index >= 15 is 0 Å². The van der Waals surface area contributed by atoms with Gasteiger partial charge in [-0.15, -0.1) is 6.58 Å². The Morgan fingerprint density at radius 1 is 1.54 bits per heavy atom. The molecule has 0 aromatic carbocycles. The molecule has 0 fully saturated rings. The average molecular weight is 205 g/mol. The van der Waals surface area contributed by atoms with Gasteiger partial charge in [-0.2, -0.15) is 0 Å². The molecule has 78 valence electrons. The van der Waals surface area contributed by atoms with Gasteiger partial charge in [0.2, 0.25) is 0 Å². The number of likely N-dealkylation sites (N-methyl/N-ethyl adjacent to an activating group) is 1. The Labute approximate surface area is 81.1 Å². The summed E-state index contributed by atoms with van der Waals surface area (Å²) in [5.74, 6) is 0. The normalized spacial score (nSPS) is 15.4. The highest BCUT2D eigenvalue weighted by Gasteiger charge is 2.36. The van der Waals surface area contributed by atoms with Crippen LogP contribution in [0.1, 0.15) is 20.8 Å². The molecule has 1 unspecified atom stereocenters. The summed E-state index contributed by atoms with van der Waals surface area (Å²) >= 11 is 0. The van der Waals surface area contributed by atoms with E-state index in [0.29, 0.717) is 0 Å². The number of sulfone groups is 1. The fraction of sp³-hybridized carbons (Fsp3) is 0.778. The first-order chi connectivity index (χ1) is 5.77. The van der Waals surface area contributed by atoms with Gasteiger partial charge in [0.25, 0.3) is 0 Å². The van der Waals surface area contributed by atoms with Crippen LogP contribution in [-0.2, 0) is 9.84 Å². The molecule has 0 aromatic heterocycles. The van der Waals surface area contributed by atoms with Crippen molar-refractivity contribution in [1.82, 2.24) is 5.32 Å². The summed E-state index contributed by atoms with van der Waals surface area (Å²) in [5.41, 5.74) is 0. The third-order valence-corrected chi connectivity index (χ3v) is 4.53. The van der Waals surface area contributed by atoms with Crippen molar-refractivity contribution in [2.24, 2.45) is 0 Å². The molecule has 0 aliphatic carbocycles. The minimum atomic E-state index is -3.07. The lowest BCUT2D eigenvalue weighted by atomic mass is 10.0. The highest BCUT2D eigenvalue weighted by molar-refractivity contribution is 7.92. The lowest BCUT2D eigenvalue weighted by Gasteiger charge is -2.30. The van der Waals surface area contributed by atoms with E-state index in [1.54, 1.807) is 19.9 Å². The maximum atomic E-state index is 11.4. The number of nitrogens with one attached hydrogen (secondary N) is 1. The van der Waals surface area contributed by atoms with E-state index in [4.69, 9.17) is 0 Å². The lowest BCUT2D eigenvalue weighted by molar-refractivity contribution is 0.472. The fourth-order valence-corrected chi connectivity index (χ4v) is 1.70. The van der Waals surface area contributed by atoms with E-state index in [2.05, 4.69) is 11.9 Å². The minimum absolute atomic E-state index is 0.201. The summed E-state index contributed by atoms with van der Waals surface area (Å²) in [6.45, 7) is 9.71. The van der Waals surface area contributed by atoms with Crippen molar-refractivity contribution in [3.63, 3.8) is 0 Å². The second kappa shape index (κ2) is 4.24. The topological polar surface area (TPSA) is 46.2 Å². The van der Waals surface area contributed by atoms with Crippen molar-refractivity contribution in [2.45, 2.75) is 31.6 Å². The van der Waals surface area contributed by atoms with E-state index in [0.717, 1.165) is 6.54 Å². The van der Waals surface area contributed by atoms with Crippen LogP contribution in [0.15, 0.2) is 12.7 Å². The van der Waals surface area contributed by atoms with Crippen molar-refractivity contribution >= 4 is 9.84 Å². The van der Waals surface area contributed by atoms with Gasteiger partial charge in [-0.1, -0.05) is 13.0 Å². The molecule has 0 spiro atoms. The zero-order valence-electron chi connectivity index (χ0n) is 8.79. The lowest BCUT2D eigenvalue weighted by Crippen LogP contribution is -2.50. The smallest absolute Gasteiger partial charge is 0.154 e. The van der Waals surface area contributed by atoms with Gasteiger partial charge in [0.05, 0.1) is 4.75 Å². The first-order valence-electron chi connectivity index (χ1n) is 4.33. The number of rotatable bonds is 5. The molecule has 0 saturated carbocycles. The Kier molecular flexibility index (Phi) is 4.13. The molecule has 0 bridgehead atoms. The summed E-state index contributed by atoms with van der Waals surface area (Å²) in [6.07, 6.45) is 2.89. The average Bonchev–Trinajstić information content (AvgIpc) is 1.97. The largest absolute Gasteiger partial charge is 0.309 e. The van der Waals surface area contributed by atoms with Crippen LogP contribution in [-0.4, -0.2) is 32.0 Å². The fourth-order valence-electron chi connectivity index (χ4n) is 1.06. The molecule has 0 aliphatic heterocycles. The SMILES string of the molecule is C=CC(NCC)C(C)(C)S(C)(=O)=O. The number of hydrogen-bond acceptors (Lipinski definition) is 3. The minimum Gasteiger partial charge on any atom is -0.309 e. The summed E-state index contributed by atoms with van der Waals surface area (Å²) < 4.78 is 22.1. The summed E-state index contributed by atoms with van der Waals surface area (Å²) in [7, 11) is -3.07. The van der Waals surface area contributed by atoms with Gasteiger partial charge in [-0.05, 0) is 20.4 Å². The van der Waals surface area contributed by atoms with Crippen LogP contribution in [0.2, 0.25) is 0 Å². The molecular formula is C9H19NO2S. The van der Waals surface area contributed by atoms with Gasteiger partial charge >= 0.3 is 0 Å². The zero-order chi connectivity index (χ0) is 10.7. The predicted octanol–water partition coefficient (Wildman–Crippen LogP) is 0.974. The summed E-state index contributed by atoms with van der Waals surface area (Å²) in [6, 6.07) is -0.201. The van der Waals surface area contributed by atoms with Crippen LogP contribution in [0.4, 0.5) is 0 Å². The molecule has 13 heavy (non-hydrogen) atoms. The maximum absolute atomic E-state index is 11.4. The van der Waals surface area contributed by atoms with Gasteiger partial charge in [0.1, 0.15) is 0 Å². The molecule has 1 atom stereocenters. The third-order valence-electron chi connectivity index (χ3n) is 2.36. The van der Waals surface area contributed by atoms with E-state index < -0.39 is 14.6 Å². The third kappa shape index (κ3) is 2.81. The highest BCUT2D eigenvalue weighted by Crippen LogP contribution is 2.20. The van der Waals surface area contributed by atoms with Gasteiger partial charge in [-0.3, -0.25) is 0 Å². The van der Waals surface area contributed by atoms with Gasteiger partial charge in [-0.25, -0.2) is 8.42 Å². The van der Waals surface area contributed by atoms with E-state index in [1.165, 1.54) is 6.26 Å². The Bertz CT molecular complexity index is 267. The molecule has 1 N–H and O–H groups in total. The van der Waals surface area contributed by atoms with Crippen LogP contribution in [0.5, 0.6) is 0 Å². The van der Waals surface area contributed by atoms with Crippen LogP contribution >= 0.6 is 0 Å². The van der Waals surface area contributed by atoms with E-state index in [-0.39, 0.29) is 6.04 Å². The second-order valence-electron chi connectivity index (χ2n) is 3.65. The van der Waals surface area contributed by atoms with Crippen molar-refractivity contribution in [1.29, 1.82) is 0 Å². The molecule has 3 nitrogen and oxygen atoms in total. The molecule has 0 saturated heterocycles. The molecule has 0 aliphatic rings. The molecule has 4 heteroatoms. The molecular weight excluding hydrogens is 186 g/mol. The predicted molar refractivity (Wildman–Crippen MR) is 56.6 cm³/mol.